The molecule has 0 amide bonds. The Hall–Kier alpha value is -3.44. The van der Waals surface area contributed by atoms with Gasteiger partial charge in [-0.15, -0.1) is 54.1 Å². The molecule has 0 saturated heterocycles. The van der Waals surface area contributed by atoms with Crippen molar-refractivity contribution in [2.75, 3.05) is 0 Å². The van der Waals surface area contributed by atoms with Crippen molar-refractivity contribution < 1.29 is 24.5 Å². The normalized spacial score (nSPS) is 17.3. The molecule has 1 unspecified atom stereocenters. The van der Waals surface area contributed by atoms with E-state index in [0.717, 1.165) is 74.5 Å². The largest absolute Gasteiger partial charge is 0.486 e. The molecular weight excluding hydrogens is 879 g/mol. The SMILES string of the molecule is C[Si](C)(C)c1cnc(-c2[c-]cccc2)cc1CC1CCCC1.Cc1cc(-c2[c-]ccc3c2oc2nc(C(C)C4CCCC4)ccc23)ncc1CC1CCCC1.[Ir]. The summed E-state index contributed by atoms with van der Waals surface area (Å²) in [5.41, 5.74) is 11.1. The van der Waals surface area contributed by atoms with Crippen LogP contribution in [0.15, 0.2) is 77.5 Å². The van der Waals surface area contributed by atoms with E-state index in [1.807, 2.05) is 18.2 Å². The van der Waals surface area contributed by atoms with Crippen LogP contribution < -0.4 is 5.19 Å². The fourth-order valence-electron chi connectivity index (χ4n) is 9.81. The molecule has 3 aliphatic rings. The smallest absolute Gasteiger partial charge is 0.216 e. The first-order chi connectivity index (χ1) is 26.7. The Kier molecular flexibility index (Phi) is 13.1. The molecule has 3 fully saturated rings. The van der Waals surface area contributed by atoms with Crippen molar-refractivity contribution in [1.82, 2.24) is 15.0 Å². The van der Waals surface area contributed by atoms with Crippen molar-refractivity contribution in [3.63, 3.8) is 0 Å². The zero-order valence-corrected chi connectivity index (χ0v) is 37.6. The summed E-state index contributed by atoms with van der Waals surface area (Å²) in [6.45, 7) is 11.8. The Morgan fingerprint density at radius 3 is 2.07 bits per heavy atom. The quantitative estimate of drug-likeness (QED) is 0.107. The van der Waals surface area contributed by atoms with Crippen molar-refractivity contribution in [2.24, 2.45) is 17.8 Å². The van der Waals surface area contributed by atoms with Gasteiger partial charge in [-0.05, 0) is 84.6 Å². The van der Waals surface area contributed by atoms with E-state index < -0.39 is 8.07 Å². The predicted octanol–water partition coefficient (Wildman–Crippen LogP) is 13.0. The van der Waals surface area contributed by atoms with Gasteiger partial charge in [-0.1, -0.05) is 125 Å². The molecule has 295 valence electrons. The van der Waals surface area contributed by atoms with Gasteiger partial charge < -0.3 is 14.4 Å². The number of rotatable bonds is 9. The van der Waals surface area contributed by atoms with Crippen LogP contribution in [0.5, 0.6) is 0 Å². The number of aromatic nitrogens is 3. The average molecular weight is 938 g/mol. The summed E-state index contributed by atoms with van der Waals surface area (Å²) in [6.07, 6.45) is 23.1. The van der Waals surface area contributed by atoms with Gasteiger partial charge in [-0.2, -0.15) is 0 Å². The van der Waals surface area contributed by atoms with Crippen LogP contribution in [-0.2, 0) is 32.9 Å². The molecule has 6 heteroatoms. The minimum absolute atomic E-state index is 0. The number of hydrogen-bond donors (Lipinski definition) is 0. The average Bonchev–Trinajstić information content (AvgIpc) is 4.04. The van der Waals surface area contributed by atoms with Crippen LogP contribution in [0.1, 0.15) is 112 Å². The fraction of sp³-hybridized carbons (Fsp3) is 0.460. The number of fused-ring (bicyclic) bond motifs is 3. The molecule has 4 nitrogen and oxygen atoms in total. The Bertz CT molecular complexity index is 2220. The topological polar surface area (TPSA) is 51.8 Å². The Morgan fingerprint density at radius 2 is 1.41 bits per heavy atom. The van der Waals surface area contributed by atoms with E-state index >= 15 is 0 Å². The molecule has 4 heterocycles. The summed E-state index contributed by atoms with van der Waals surface area (Å²) in [5.74, 6) is 2.93. The number of furan rings is 1. The van der Waals surface area contributed by atoms with Gasteiger partial charge in [-0.3, -0.25) is 0 Å². The number of pyridine rings is 3. The van der Waals surface area contributed by atoms with E-state index in [1.54, 1.807) is 10.8 Å². The molecule has 56 heavy (non-hydrogen) atoms. The maximum absolute atomic E-state index is 6.39. The van der Waals surface area contributed by atoms with Crippen molar-refractivity contribution >= 4 is 35.3 Å². The fourth-order valence-corrected chi connectivity index (χ4v) is 11.4. The molecule has 0 aliphatic heterocycles. The van der Waals surface area contributed by atoms with Gasteiger partial charge in [0.25, 0.3) is 0 Å². The van der Waals surface area contributed by atoms with Crippen LogP contribution in [-0.4, -0.2) is 23.0 Å². The first kappa shape index (κ1) is 40.7. The monoisotopic (exact) mass is 938 g/mol. The molecule has 3 aliphatic carbocycles. The second-order valence-electron chi connectivity index (χ2n) is 18.1. The summed E-state index contributed by atoms with van der Waals surface area (Å²) in [7, 11) is -1.35. The van der Waals surface area contributed by atoms with Gasteiger partial charge in [0, 0.05) is 49.5 Å². The third kappa shape index (κ3) is 9.14. The van der Waals surface area contributed by atoms with Gasteiger partial charge in [0.15, 0.2) is 0 Å². The van der Waals surface area contributed by atoms with E-state index in [-0.39, 0.29) is 20.1 Å². The molecule has 4 aromatic heterocycles. The van der Waals surface area contributed by atoms with E-state index in [0.29, 0.717) is 5.92 Å². The van der Waals surface area contributed by atoms with E-state index in [1.165, 1.54) is 94.6 Å². The van der Waals surface area contributed by atoms with Gasteiger partial charge in [0.05, 0.1) is 13.7 Å². The van der Waals surface area contributed by atoms with Crippen LogP contribution in [0.4, 0.5) is 0 Å². The second kappa shape index (κ2) is 18.0. The molecule has 0 bridgehead atoms. The Balaban J connectivity index is 0.000000183. The van der Waals surface area contributed by atoms with Gasteiger partial charge in [0.1, 0.15) is 0 Å². The predicted molar refractivity (Wildman–Crippen MR) is 232 cm³/mol. The van der Waals surface area contributed by atoms with E-state index in [9.17, 15) is 0 Å². The summed E-state index contributed by atoms with van der Waals surface area (Å²) >= 11 is 0. The summed E-state index contributed by atoms with van der Waals surface area (Å²) in [4.78, 5) is 14.6. The maximum atomic E-state index is 6.39. The third-order valence-electron chi connectivity index (χ3n) is 13.1. The molecule has 1 radical (unpaired) electrons. The third-order valence-corrected chi connectivity index (χ3v) is 15.2. The summed E-state index contributed by atoms with van der Waals surface area (Å²) in [6, 6.07) is 27.9. The van der Waals surface area contributed by atoms with Gasteiger partial charge in [-0.25, -0.2) is 4.98 Å². The molecule has 6 aromatic rings. The van der Waals surface area contributed by atoms with Crippen LogP contribution >= 0.6 is 0 Å². The standard InChI is InChI=1S/C30H33N2O.C20H26NSi.Ir/c1-19-16-28(31-18-23(19)17-21-8-3-4-9-21)26-13-7-12-24-25-14-15-27(32-30(25)33-29(24)26)20(2)22-10-5-6-11-22;1-22(2,3)20-15-21-19(17-11-5-4-6-12-17)14-18(20)13-16-9-7-8-10-16;/h7,12,14-16,18,20-22H,3-6,8-11,17H2,1-2H3;4-6,11,14-16H,7-10,13H2,1-3H3;/q2*-1;. The van der Waals surface area contributed by atoms with Crippen molar-refractivity contribution in [3.05, 3.63) is 108 Å². The maximum Gasteiger partial charge on any atom is 0.216 e. The number of hydrogen-bond acceptors (Lipinski definition) is 4. The molecule has 1 atom stereocenters. The second-order valence-corrected chi connectivity index (χ2v) is 23.1. The van der Waals surface area contributed by atoms with Crippen molar-refractivity contribution in [3.8, 4) is 22.5 Å². The number of benzene rings is 2. The number of nitrogens with zero attached hydrogens (tertiary/aromatic N) is 3. The Labute approximate surface area is 350 Å². The zero-order valence-electron chi connectivity index (χ0n) is 34.2. The summed E-state index contributed by atoms with van der Waals surface area (Å²) in [5, 5.41) is 3.72. The zero-order chi connectivity index (χ0) is 37.9. The van der Waals surface area contributed by atoms with Gasteiger partial charge >= 0.3 is 0 Å². The molecule has 0 N–H and O–H groups in total. The molecule has 2 aromatic carbocycles. The molecule has 3 saturated carbocycles. The van der Waals surface area contributed by atoms with Crippen molar-refractivity contribution in [2.45, 2.75) is 129 Å². The minimum Gasteiger partial charge on any atom is -0.486 e. The van der Waals surface area contributed by atoms with Crippen LogP contribution in [0, 0.1) is 36.8 Å². The molecule has 9 rings (SSSR count). The van der Waals surface area contributed by atoms with E-state index in [4.69, 9.17) is 19.4 Å². The minimum atomic E-state index is -1.35. The van der Waals surface area contributed by atoms with Gasteiger partial charge in [0.2, 0.25) is 5.71 Å². The molecule has 0 spiro atoms. The first-order valence-electron chi connectivity index (χ1n) is 21.4. The van der Waals surface area contributed by atoms with E-state index in [2.05, 4.69) is 100 Å². The first-order valence-corrected chi connectivity index (χ1v) is 24.9. The van der Waals surface area contributed by atoms with Crippen molar-refractivity contribution in [1.29, 1.82) is 0 Å². The van der Waals surface area contributed by atoms with Crippen LogP contribution in [0.2, 0.25) is 19.6 Å². The number of aryl methyl sites for hydroxylation is 1. The summed E-state index contributed by atoms with van der Waals surface area (Å²) < 4.78 is 6.39. The molecular formula is C50H59IrN3OSi-2. The van der Waals surface area contributed by atoms with Crippen LogP contribution in [0.3, 0.4) is 0 Å². The Morgan fingerprint density at radius 1 is 0.732 bits per heavy atom. The van der Waals surface area contributed by atoms with Crippen LogP contribution in [0.25, 0.3) is 44.6 Å².